The van der Waals surface area contributed by atoms with Crippen molar-refractivity contribution in [3.63, 3.8) is 0 Å². The van der Waals surface area contributed by atoms with Gasteiger partial charge in [0, 0.05) is 25.6 Å². The Bertz CT molecular complexity index is 840. The van der Waals surface area contributed by atoms with Gasteiger partial charge in [0.15, 0.2) is 0 Å². The molecule has 1 saturated heterocycles. The number of alkyl halides is 3. The fourth-order valence-corrected chi connectivity index (χ4v) is 3.41. The Morgan fingerprint density at radius 2 is 1.90 bits per heavy atom. The molecule has 1 fully saturated rings. The van der Waals surface area contributed by atoms with Gasteiger partial charge in [-0.05, 0) is 42.3 Å². The van der Waals surface area contributed by atoms with Crippen LogP contribution in [0, 0.1) is 11.8 Å². The first-order chi connectivity index (χ1) is 14.3. The van der Waals surface area contributed by atoms with E-state index in [9.17, 15) is 18.0 Å². The van der Waals surface area contributed by atoms with Crippen molar-refractivity contribution >= 4 is 5.91 Å². The van der Waals surface area contributed by atoms with Crippen molar-refractivity contribution in [1.82, 2.24) is 10.6 Å². The van der Waals surface area contributed by atoms with E-state index in [0.29, 0.717) is 26.1 Å². The lowest BCUT2D eigenvalue weighted by Gasteiger charge is -2.29. The van der Waals surface area contributed by atoms with Gasteiger partial charge in [-0.3, -0.25) is 4.79 Å². The lowest BCUT2D eigenvalue weighted by atomic mass is 9.90. The molecule has 30 heavy (non-hydrogen) atoms. The van der Waals surface area contributed by atoms with E-state index >= 15 is 0 Å². The van der Waals surface area contributed by atoms with Crippen molar-refractivity contribution in [2.24, 2.45) is 11.8 Å². The molecule has 2 atom stereocenters. The van der Waals surface area contributed by atoms with Crippen molar-refractivity contribution in [3.8, 4) is 11.5 Å². The minimum Gasteiger partial charge on any atom is -0.497 e. The fourth-order valence-electron chi connectivity index (χ4n) is 3.41. The van der Waals surface area contributed by atoms with E-state index in [0.717, 1.165) is 23.4 Å². The summed E-state index contributed by atoms with van der Waals surface area (Å²) < 4.78 is 49.2. The molecule has 0 saturated carbocycles. The highest BCUT2D eigenvalue weighted by Gasteiger charge is 2.31. The van der Waals surface area contributed by atoms with Crippen LogP contribution in [-0.4, -0.2) is 32.7 Å². The summed E-state index contributed by atoms with van der Waals surface area (Å²) >= 11 is 0. The van der Waals surface area contributed by atoms with Crippen LogP contribution in [0.2, 0.25) is 0 Å². The number of ether oxygens (including phenoxy) is 2. The van der Waals surface area contributed by atoms with Crippen LogP contribution < -0.4 is 20.1 Å². The van der Waals surface area contributed by atoms with E-state index in [4.69, 9.17) is 9.47 Å². The second-order valence-corrected chi connectivity index (χ2v) is 7.36. The number of methoxy groups -OCH3 is 1. The Labute approximate surface area is 173 Å². The molecule has 0 bridgehead atoms. The van der Waals surface area contributed by atoms with E-state index in [-0.39, 0.29) is 30.1 Å². The second-order valence-electron chi connectivity index (χ2n) is 7.36. The molecule has 0 aromatic heterocycles. The van der Waals surface area contributed by atoms with Crippen molar-refractivity contribution in [1.29, 1.82) is 0 Å². The summed E-state index contributed by atoms with van der Waals surface area (Å²) in [5.74, 6) is 0.695. The zero-order valence-corrected chi connectivity index (χ0v) is 16.7. The first-order valence-corrected chi connectivity index (χ1v) is 9.76. The number of carbonyl (C=O) groups is 1. The number of amides is 1. The topological polar surface area (TPSA) is 59.6 Å². The molecule has 3 rings (SSSR count). The molecule has 2 aromatic rings. The number of benzene rings is 2. The Balaban J connectivity index is 1.48. The number of nitrogens with one attached hydrogen (secondary N) is 2. The predicted octanol–water partition coefficient (Wildman–Crippen LogP) is 3.63. The van der Waals surface area contributed by atoms with Gasteiger partial charge in [0.05, 0.1) is 25.2 Å². The maximum atomic E-state index is 12.8. The Kier molecular flexibility index (Phi) is 7.20. The lowest BCUT2D eigenvalue weighted by molar-refractivity contribution is -0.137. The smallest absolute Gasteiger partial charge is 0.416 e. The maximum Gasteiger partial charge on any atom is 0.416 e. The molecule has 0 spiro atoms. The molecule has 5 nitrogen and oxygen atoms in total. The maximum absolute atomic E-state index is 12.8. The molecule has 2 aromatic carbocycles. The normalized spacial score (nSPS) is 19.2. The number of rotatable bonds is 7. The molecule has 1 heterocycles. The first kappa shape index (κ1) is 22.0. The minimum atomic E-state index is -4.40. The highest BCUT2D eigenvalue weighted by Crippen LogP contribution is 2.31. The third-order valence-electron chi connectivity index (χ3n) is 5.09. The highest BCUT2D eigenvalue weighted by molar-refractivity contribution is 5.79. The third kappa shape index (κ3) is 6.13. The number of hydrogen-bond donors (Lipinski definition) is 2. The Hall–Kier alpha value is -2.74. The molecule has 162 valence electrons. The number of carbonyl (C=O) groups excluding carboxylic acids is 1. The van der Waals surface area contributed by atoms with E-state index in [1.807, 2.05) is 24.3 Å². The molecular weight excluding hydrogens is 397 g/mol. The fraction of sp³-hybridized carbons (Fsp3) is 0.409. The molecule has 1 aliphatic heterocycles. The van der Waals surface area contributed by atoms with Crippen LogP contribution in [0.1, 0.15) is 17.5 Å². The van der Waals surface area contributed by atoms with Crippen LogP contribution in [0.15, 0.2) is 48.5 Å². The van der Waals surface area contributed by atoms with E-state index in [1.54, 1.807) is 7.11 Å². The highest BCUT2D eigenvalue weighted by atomic mass is 19.4. The Morgan fingerprint density at radius 1 is 1.13 bits per heavy atom. The van der Waals surface area contributed by atoms with E-state index < -0.39 is 11.7 Å². The van der Waals surface area contributed by atoms with E-state index in [2.05, 4.69) is 10.6 Å². The van der Waals surface area contributed by atoms with E-state index in [1.165, 1.54) is 12.1 Å². The van der Waals surface area contributed by atoms with Crippen molar-refractivity contribution < 1.29 is 27.4 Å². The molecule has 0 unspecified atom stereocenters. The number of piperidine rings is 1. The van der Waals surface area contributed by atoms with Crippen LogP contribution in [0.3, 0.4) is 0 Å². The SMILES string of the molecule is COc1ccc(CNC(=O)[C@H]2CNC[C@@H](COc3cccc(C(F)(F)F)c3)C2)cc1. The zero-order valence-electron chi connectivity index (χ0n) is 16.7. The second kappa shape index (κ2) is 9.84. The average Bonchev–Trinajstić information content (AvgIpc) is 2.76. The van der Waals surface area contributed by atoms with Gasteiger partial charge in [-0.2, -0.15) is 13.2 Å². The molecule has 2 N–H and O–H groups in total. The quantitative estimate of drug-likeness (QED) is 0.716. The van der Waals surface area contributed by atoms with Gasteiger partial charge in [-0.1, -0.05) is 18.2 Å². The minimum absolute atomic E-state index is 0.0324. The first-order valence-electron chi connectivity index (χ1n) is 9.76. The van der Waals surface area contributed by atoms with Gasteiger partial charge in [0.1, 0.15) is 11.5 Å². The van der Waals surface area contributed by atoms with Gasteiger partial charge in [0.2, 0.25) is 5.91 Å². The number of hydrogen-bond acceptors (Lipinski definition) is 4. The largest absolute Gasteiger partial charge is 0.497 e. The van der Waals surface area contributed by atoms with Gasteiger partial charge < -0.3 is 20.1 Å². The molecule has 0 radical (unpaired) electrons. The van der Waals surface area contributed by atoms with Gasteiger partial charge in [0.25, 0.3) is 0 Å². The summed E-state index contributed by atoms with van der Waals surface area (Å²) in [6.45, 7) is 1.89. The van der Waals surface area contributed by atoms with Crippen LogP contribution >= 0.6 is 0 Å². The monoisotopic (exact) mass is 422 g/mol. The van der Waals surface area contributed by atoms with Gasteiger partial charge in [-0.25, -0.2) is 0 Å². The summed E-state index contributed by atoms with van der Waals surface area (Å²) in [6.07, 6.45) is -3.79. The zero-order chi connectivity index (χ0) is 21.6. The van der Waals surface area contributed by atoms with Crippen molar-refractivity contribution in [2.45, 2.75) is 19.1 Å². The van der Waals surface area contributed by atoms with Crippen LogP contribution in [0.5, 0.6) is 11.5 Å². The summed E-state index contributed by atoms with van der Waals surface area (Å²) in [5.41, 5.74) is 0.231. The number of halogens is 3. The molecule has 1 amide bonds. The molecular formula is C22H25F3N2O3. The van der Waals surface area contributed by atoms with Crippen LogP contribution in [0.4, 0.5) is 13.2 Å². The third-order valence-corrected chi connectivity index (χ3v) is 5.09. The molecule has 8 heteroatoms. The molecule has 1 aliphatic rings. The standard InChI is InChI=1S/C22H25F3N2O3/c1-29-19-7-5-15(6-8-19)12-27-21(28)17-9-16(11-26-13-17)14-30-20-4-2-3-18(10-20)22(23,24)25/h2-8,10,16-17,26H,9,11-14H2,1H3,(H,27,28)/t16-,17+/m0/s1. The summed E-state index contributed by atoms with van der Waals surface area (Å²) in [5, 5.41) is 6.15. The van der Waals surface area contributed by atoms with Gasteiger partial charge in [-0.15, -0.1) is 0 Å². The lowest BCUT2D eigenvalue weighted by Crippen LogP contribution is -2.45. The summed E-state index contributed by atoms with van der Waals surface area (Å²) in [6, 6.07) is 12.3. The predicted molar refractivity (Wildman–Crippen MR) is 106 cm³/mol. The average molecular weight is 422 g/mol. The summed E-state index contributed by atoms with van der Waals surface area (Å²) in [4.78, 5) is 12.5. The van der Waals surface area contributed by atoms with Crippen molar-refractivity contribution in [2.75, 3.05) is 26.8 Å². The Morgan fingerprint density at radius 3 is 2.60 bits per heavy atom. The molecule has 0 aliphatic carbocycles. The van der Waals surface area contributed by atoms with Crippen LogP contribution in [-0.2, 0) is 17.5 Å². The van der Waals surface area contributed by atoms with Gasteiger partial charge >= 0.3 is 6.18 Å². The van der Waals surface area contributed by atoms with Crippen LogP contribution in [0.25, 0.3) is 0 Å². The van der Waals surface area contributed by atoms with Crippen molar-refractivity contribution in [3.05, 3.63) is 59.7 Å². The summed E-state index contributed by atoms with van der Waals surface area (Å²) in [7, 11) is 1.60.